The van der Waals surface area contributed by atoms with E-state index >= 15 is 0 Å². The number of allylic oxidation sites excluding steroid dienone is 1. The molecule has 0 amide bonds. The number of methoxy groups -OCH3 is 1. The first-order valence-electron chi connectivity index (χ1n) is 21.1. The first kappa shape index (κ1) is 53.0. The van der Waals surface area contributed by atoms with Crippen LogP contribution in [0.5, 0.6) is 23.0 Å². The number of carboxylic acids is 1. The van der Waals surface area contributed by atoms with Crippen molar-refractivity contribution in [3.63, 3.8) is 0 Å². The molecule has 0 aromatic heterocycles. The van der Waals surface area contributed by atoms with E-state index in [1.807, 2.05) is 18.2 Å². The summed E-state index contributed by atoms with van der Waals surface area (Å²) in [6.07, 6.45) is 1.68. The van der Waals surface area contributed by atoms with Gasteiger partial charge in [0.2, 0.25) is 0 Å². The van der Waals surface area contributed by atoms with Gasteiger partial charge >= 0.3 is 33.7 Å². The molecule has 0 spiro atoms. The number of ether oxygens (including phenoxy) is 1. The van der Waals surface area contributed by atoms with Gasteiger partial charge in [0.1, 0.15) is 28.8 Å². The third-order valence-corrected chi connectivity index (χ3v) is 12.0. The van der Waals surface area contributed by atoms with Crippen molar-refractivity contribution in [3.8, 4) is 34.1 Å². The lowest BCUT2D eigenvalue weighted by Gasteiger charge is -2.20. The van der Waals surface area contributed by atoms with E-state index in [2.05, 4.69) is 10.8 Å². The lowest BCUT2D eigenvalue weighted by atomic mass is 9.90. The van der Waals surface area contributed by atoms with Gasteiger partial charge in [0, 0.05) is 23.6 Å². The molecule has 8 nitrogen and oxygen atoms in total. The number of aliphatic carboxylic acids is 1. The Bertz CT molecular complexity index is 2540. The van der Waals surface area contributed by atoms with Crippen LogP contribution in [-0.2, 0) is 27.8 Å². The molecule has 0 saturated carbocycles. The lowest BCUT2D eigenvalue weighted by Crippen LogP contribution is -2.36. The van der Waals surface area contributed by atoms with Gasteiger partial charge in [-0.25, -0.2) is 4.39 Å². The smallest absolute Gasteiger partial charge is 0.508 e. The summed E-state index contributed by atoms with van der Waals surface area (Å²) in [7, 11) is -4.25. The van der Waals surface area contributed by atoms with Crippen molar-refractivity contribution in [2.75, 3.05) is 7.11 Å². The number of hydrogen-bond acceptors (Lipinski definition) is 7. The van der Waals surface area contributed by atoms with Crippen LogP contribution in [0.3, 0.4) is 0 Å². The maximum Gasteiger partial charge on any atom is 0.534 e. The molecule has 5 aromatic rings. The predicted octanol–water partition coefficient (Wildman–Crippen LogP) is 14.0. The van der Waals surface area contributed by atoms with E-state index in [1.165, 1.54) is 31.4 Å². The molecule has 5 rings (SSSR count). The number of phenolic OH excluding ortho intramolecular Hbond substituents is 2. The Morgan fingerprint density at radius 2 is 1.24 bits per heavy atom. The Hall–Kier alpha value is -5.65. The minimum absolute atomic E-state index is 0.145. The summed E-state index contributed by atoms with van der Waals surface area (Å²) in [5, 5.41) is 31.8. The summed E-state index contributed by atoms with van der Waals surface area (Å²) in [6, 6.07) is 20.4. The number of aromatic hydroxyl groups is 2. The largest absolute Gasteiger partial charge is 0.534 e. The monoisotopic (exact) mass is 958 g/mol. The number of halogens is 9. The summed E-state index contributed by atoms with van der Waals surface area (Å²) in [5.41, 5.74) is -3.09. The van der Waals surface area contributed by atoms with Gasteiger partial charge in [-0.1, -0.05) is 81.4 Å². The molecule has 1 unspecified atom stereocenters. The Kier molecular flexibility index (Phi) is 18.6. The molecule has 5 aromatic carbocycles. The van der Waals surface area contributed by atoms with Crippen molar-refractivity contribution in [2.24, 2.45) is 5.92 Å². The fourth-order valence-corrected chi connectivity index (χ4v) is 8.05. The van der Waals surface area contributed by atoms with Crippen molar-refractivity contribution in [2.45, 2.75) is 107 Å². The fourth-order valence-electron chi connectivity index (χ4n) is 7.56. The van der Waals surface area contributed by atoms with E-state index in [9.17, 15) is 68.0 Å². The average Bonchev–Trinajstić information content (AvgIpc) is 3.23. The van der Waals surface area contributed by atoms with Gasteiger partial charge in [0.15, 0.2) is 0 Å². The third kappa shape index (κ3) is 14.4. The van der Waals surface area contributed by atoms with Crippen LogP contribution < -0.4 is 8.92 Å². The van der Waals surface area contributed by atoms with Crippen molar-refractivity contribution >= 4 is 37.6 Å². The Morgan fingerprint density at radius 1 is 0.697 bits per heavy atom. The van der Waals surface area contributed by atoms with Crippen LogP contribution in [0.25, 0.3) is 32.7 Å². The Morgan fingerprint density at radius 3 is 1.85 bits per heavy atom. The summed E-state index contributed by atoms with van der Waals surface area (Å²) in [5.74, 6) is -7.23. The molecule has 0 bridgehead atoms. The number of aryl methyl sites for hydroxylation is 1. The van der Waals surface area contributed by atoms with Crippen LogP contribution in [0.15, 0.2) is 91.5 Å². The summed E-state index contributed by atoms with van der Waals surface area (Å²) < 4.78 is 147. The number of phenols is 2. The van der Waals surface area contributed by atoms with Gasteiger partial charge in [0.25, 0.3) is 0 Å². The number of unbranched alkanes of at least 4 members (excludes halogenated alkanes) is 7. The van der Waals surface area contributed by atoms with Gasteiger partial charge < -0.3 is 24.2 Å². The number of carbonyl (C=O) groups is 1. The zero-order valence-electron chi connectivity index (χ0n) is 36.0. The molecule has 0 aliphatic heterocycles. The standard InChI is InChI=1S/C33H38F6O4.C15H13F3O4S/c34-30-21-25(41)15-18-29(30)28-16-13-23-20-24(40)14-17-26(23)27(28)12-8-6-4-2-1-3-5-7-10-22(31(42)43)11-9-19-32(35,36)33(37,38)39;1-3-4-13-12-7-6-11(21-2)9-10(12)5-8-14(13)22-23(19,20)15(16,17)18/h13-18,20-22,40-41H,1-12,19H2,(H,42,43);3,5-9H,1,4H2,2H3. The molecule has 18 heteroatoms. The van der Waals surface area contributed by atoms with Gasteiger partial charge in [-0.05, 0) is 114 Å². The zero-order valence-corrected chi connectivity index (χ0v) is 36.8. The van der Waals surface area contributed by atoms with E-state index < -0.39 is 58.3 Å². The molecule has 0 saturated heterocycles. The maximum absolute atomic E-state index is 14.7. The minimum atomic E-state index is -5.73. The summed E-state index contributed by atoms with van der Waals surface area (Å²) in [6.45, 7) is 3.53. The van der Waals surface area contributed by atoms with Crippen molar-refractivity contribution in [1.29, 1.82) is 0 Å². The summed E-state index contributed by atoms with van der Waals surface area (Å²) in [4.78, 5) is 11.4. The van der Waals surface area contributed by atoms with Gasteiger partial charge in [-0.15, -0.1) is 6.58 Å². The number of hydrogen-bond donors (Lipinski definition) is 3. The number of benzene rings is 5. The van der Waals surface area contributed by atoms with Crippen LogP contribution in [0, 0.1) is 11.7 Å². The zero-order chi connectivity index (χ0) is 48.9. The molecule has 0 aliphatic rings. The lowest BCUT2D eigenvalue weighted by molar-refractivity contribution is -0.284. The Balaban J connectivity index is 0.000000347. The highest BCUT2D eigenvalue weighted by molar-refractivity contribution is 7.88. The molecule has 360 valence electrons. The molecule has 0 fully saturated rings. The normalized spacial score (nSPS) is 12.7. The highest BCUT2D eigenvalue weighted by Crippen LogP contribution is 2.40. The number of fused-ring (bicyclic) bond motifs is 2. The van der Waals surface area contributed by atoms with Gasteiger partial charge in [-0.2, -0.15) is 43.5 Å². The number of carboxylic acid groups (broad SMARTS) is 1. The molecule has 3 N–H and O–H groups in total. The van der Waals surface area contributed by atoms with E-state index in [4.69, 9.17) is 4.74 Å². The molecule has 0 heterocycles. The van der Waals surface area contributed by atoms with Crippen LogP contribution in [0.1, 0.15) is 88.2 Å². The molecular formula is C48H51F9O8S. The number of rotatable bonds is 22. The molecule has 0 aliphatic carbocycles. The predicted molar refractivity (Wildman–Crippen MR) is 234 cm³/mol. The minimum Gasteiger partial charge on any atom is -0.508 e. The first-order chi connectivity index (χ1) is 31.0. The topological polar surface area (TPSA) is 130 Å². The molecule has 66 heavy (non-hydrogen) atoms. The molecule has 0 radical (unpaired) electrons. The molecule has 1 atom stereocenters. The van der Waals surface area contributed by atoms with Crippen LogP contribution >= 0.6 is 0 Å². The van der Waals surface area contributed by atoms with Gasteiger partial charge in [-0.3, -0.25) is 4.79 Å². The van der Waals surface area contributed by atoms with Crippen LogP contribution in [-0.4, -0.2) is 54.4 Å². The van der Waals surface area contributed by atoms with Crippen molar-refractivity contribution < 1.29 is 77.0 Å². The second-order valence-electron chi connectivity index (χ2n) is 15.8. The second kappa shape index (κ2) is 23.2. The SMILES string of the molecule is C=CCc1c(OS(=O)(=O)C(F)(F)F)ccc2cc(OC)ccc12.O=C(O)C(CCCCCCCCCCc1c(-c2ccc(O)cc2F)ccc2cc(O)ccc12)CCCC(F)(F)C(F)(F)F. The van der Waals surface area contributed by atoms with E-state index in [1.54, 1.807) is 36.4 Å². The van der Waals surface area contributed by atoms with Crippen LogP contribution in [0.2, 0.25) is 0 Å². The molecular weight excluding hydrogens is 908 g/mol. The second-order valence-corrected chi connectivity index (χ2v) is 17.3. The highest BCUT2D eigenvalue weighted by atomic mass is 32.2. The highest BCUT2D eigenvalue weighted by Gasteiger charge is 2.56. The average molecular weight is 959 g/mol. The van der Waals surface area contributed by atoms with Crippen molar-refractivity contribution in [3.05, 3.63) is 108 Å². The van der Waals surface area contributed by atoms with E-state index in [0.29, 0.717) is 40.5 Å². The Labute approximate surface area is 376 Å². The van der Waals surface area contributed by atoms with Gasteiger partial charge in [0.05, 0.1) is 13.0 Å². The third-order valence-electron chi connectivity index (χ3n) is 11.0. The van der Waals surface area contributed by atoms with Crippen molar-refractivity contribution in [1.82, 2.24) is 0 Å². The van der Waals surface area contributed by atoms with Crippen LogP contribution in [0.4, 0.5) is 39.5 Å². The fraction of sp³-hybridized carbons (Fsp3) is 0.396. The number of alkyl halides is 8. The van der Waals surface area contributed by atoms with E-state index in [0.717, 1.165) is 72.9 Å². The maximum atomic E-state index is 14.7. The van der Waals surface area contributed by atoms with E-state index in [-0.39, 0.29) is 36.5 Å². The quantitative estimate of drug-likeness (QED) is 0.0206. The first-order valence-corrected chi connectivity index (χ1v) is 22.5. The summed E-state index contributed by atoms with van der Waals surface area (Å²) >= 11 is 0.